The topological polar surface area (TPSA) is 35.5 Å². The maximum absolute atomic E-state index is 12.3. The molecule has 2 aromatic carbocycles. The molecule has 1 atom stereocenters. The summed E-state index contributed by atoms with van der Waals surface area (Å²) in [6.07, 6.45) is 0.124. The van der Waals surface area contributed by atoms with Crippen LogP contribution in [0.4, 0.5) is 0 Å². The predicted octanol–water partition coefficient (Wildman–Crippen LogP) is 4.16. The van der Waals surface area contributed by atoms with Gasteiger partial charge >= 0.3 is 0 Å². The van der Waals surface area contributed by atoms with Crippen molar-refractivity contribution in [3.8, 4) is 11.5 Å². The van der Waals surface area contributed by atoms with Gasteiger partial charge in [-0.05, 0) is 35.9 Å². The molecule has 2 aromatic rings. The van der Waals surface area contributed by atoms with Crippen molar-refractivity contribution in [1.82, 2.24) is 0 Å². The largest absolute Gasteiger partial charge is 0.497 e. The highest BCUT2D eigenvalue weighted by Crippen LogP contribution is 2.36. The second-order valence-corrected chi connectivity index (χ2v) is 5.56. The van der Waals surface area contributed by atoms with Gasteiger partial charge in [-0.1, -0.05) is 28.1 Å². The zero-order chi connectivity index (χ0) is 14.1. The minimum absolute atomic E-state index is 0.0815. The Morgan fingerprint density at radius 1 is 1.20 bits per heavy atom. The average molecular weight is 333 g/mol. The number of hydrogen-bond acceptors (Lipinski definition) is 3. The van der Waals surface area contributed by atoms with E-state index in [4.69, 9.17) is 9.47 Å². The molecule has 0 amide bonds. The number of benzene rings is 2. The van der Waals surface area contributed by atoms with Gasteiger partial charge in [0.1, 0.15) is 17.6 Å². The van der Waals surface area contributed by atoms with Gasteiger partial charge < -0.3 is 9.47 Å². The zero-order valence-electron chi connectivity index (χ0n) is 10.9. The highest BCUT2D eigenvalue weighted by Gasteiger charge is 2.27. The van der Waals surface area contributed by atoms with Crippen LogP contribution in [0.3, 0.4) is 0 Å². The zero-order valence-corrected chi connectivity index (χ0v) is 12.5. The van der Waals surface area contributed by atoms with E-state index in [2.05, 4.69) is 15.9 Å². The lowest BCUT2D eigenvalue weighted by atomic mass is 9.96. The minimum atomic E-state index is -0.225. The summed E-state index contributed by atoms with van der Waals surface area (Å²) in [4.78, 5) is 12.3. The lowest BCUT2D eigenvalue weighted by Gasteiger charge is -2.25. The molecule has 102 valence electrons. The Morgan fingerprint density at radius 3 is 2.65 bits per heavy atom. The first-order valence-electron chi connectivity index (χ1n) is 6.31. The number of Topliss-reactive ketones (excluding diaryl/α,β-unsaturated/α-hetero) is 1. The van der Waals surface area contributed by atoms with Crippen LogP contribution in [0.2, 0.25) is 0 Å². The van der Waals surface area contributed by atoms with E-state index in [9.17, 15) is 4.79 Å². The summed E-state index contributed by atoms with van der Waals surface area (Å²) in [5.74, 6) is 1.37. The molecule has 0 N–H and O–H groups in total. The number of methoxy groups -OCH3 is 1. The van der Waals surface area contributed by atoms with Crippen molar-refractivity contribution in [1.29, 1.82) is 0 Å². The lowest BCUT2D eigenvalue weighted by Crippen LogP contribution is -2.20. The Morgan fingerprint density at radius 2 is 1.95 bits per heavy atom. The Labute approximate surface area is 125 Å². The first kappa shape index (κ1) is 13.2. The summed E-state index contributed by atoms with van der Waals surface area (Å²) in [5, 5.41) is 0. The van der Waals surface area contributed by atoms with Gasteiger partial charge in [-0.2, -0.15) is 0 Å². The molecule has 3 rings (SSSR count). The second kappa shape index (κ2) is 5.29. The van der Waals surface area contributed by atoms with E-state index in [1.807, 2.05) is 24.3 Å². The van der Waals surface area contributed by atoms with Gasteiger partial charge in [0, 0.05) is 4.47 Å². The van der Waals surface area contributed by atoms with Crippen molar-refractivity contribution in [2.45, 2.75) is 12.5 Å². The third kappa shape index (κ3) is 2.43. The molecule has 1 heterocycles. The highest BCUT2D eigenvalue weighted by atomic mass is 79.9. The second-order valence-electron chi connectivity index (χ2n) is 4.65. The fourth-order valence-electron chi connectivity index (χ4n) is 2.29. The Hall–Kier alpha value is -1.81. The predicted molar refractivity (Wildman–Crippen MR) is 79.5 cm³/mol. The molecule has 1 aliphatic rings. The van der Waals surface area contributed by atoms with Crippen LogP contribution >= 0.6 is 15.9 Å². The van der Waals surface area contributed by atoms with Crippen molar-refractivity contribution in [2.24, 2.45) is 0 Å². The summed E-state index contributed by atoms with van der Waals surface area (Å²) in [6.45, 7) is 0. The van der Waals surface area contributed by atoms with Crippen molar-refractivity contribution in [3.05, 3.63) is 58.1 Å². The number of halogens is 1. The summed E-state index contributed by atoms with van der Waals surface area (Å²) < 4.78 is 12.1. The SMILES string of the molecule is COc1ccc2c(c1)C(=O)CC(c1ccc(Br)cc1)O2. The van der Waals surface area contributed by atoms with Crippen molar-refractivity contribution in [2.75, 3.05) is 7.11 Å². The van der Waals surface area contributed by atoms with Gasteiger partial charge in [0.05, 0.1) is 19.1 Å². The van der Waals surface area contributed by atoms with Crippen molar-refractivity contribution < 1.29 is 14.3 Å². The van der Waals surface area contributed by atoms with Gasteiger partial charge in [0.2, 0.25) is 0 Å². The Bertz CT molecular complexity index is 649. The maximum Gasteiger partial charge on any atom is 0.170 e. The van der Waals surface area contributed by atoms with Crippen LogP contribution < -0.4 is 9.47 Å². The van der Waals surface area contributed by atoms with Crippen LogP contribution in [0.15, 0.2) is 46.9 Å². The quantitative estimate of drug-likeness (QED) is 0.828. The summed E-state index contributed by atoms with van der Waals surface area (Å²) in [6, 6.07) is 13.2. The van der Waals surface area contributed by atoms with Crippen LogP contribution in [-0.2, 0) is 0 Å². The Kier molecular flexibility index (Phi) is 3.49. The first-order chi connectivity index (χ1) is 9.67. The number of rotatable bonds is 2. The molecule has 3 nitrogen and oxygen atoms in total. The molecule has 0 fully saturated rings. The molecule has 1 aliphatic heterocycles. The van der Waals surface area contributed by atoms with Gasteiger partial charge in [-0.15, -0.1) is 0 Å². The molecule has 0 bridgehead atoms. The number of carbonyl (C=O) groups is 1. The van der Waals surface area contributed by atoms with Crippen LogP contribution in [0.5, 0.6) is 11.5 Å². The van der Waals surface area contributed by atoms with E-state index < -0.39 is 0 Å². The van der Waals surface area contributed by atoms with E-state index in [1.165, 1.54) is 0 Å². The fraction of sp³-hybridized carbons (Fsp3) is 0.188. The van der Waals surface area contributed by atoms with Crippen LogP contribution in [0.1, 0.15) is 28.4 Å². The maximum atomic E-state index is 12.3. The van der Waals surface area contributed by atoms with Gasteiger partial charge in [0.25, 0.3) is 0 Å². The number of ether oxygens (including phenoxy) is 2. The van der Waals surface area contributed by atoms with Gasteiger partial charge in [0.15, 0.2) is 5.78 Å². The molecule has 1 unspecified atom stereocenters. The number of hydrogen-bond donors (Lipinski definition) is 0. The van der Waals surface area contributed by atoms with Crippen molar-refractivity contribution in [3.63, 3.8) is 0 Å². The first-order valence-corrected chi connectivity index (χ1v) is 7.10. The molecule has 0 radical (unpaired) electrons. The molecule has 0 saturated carbocycles. The van der Waals surface area contributed by atoms with Gasteiger partial charge in [-0.25, -0.2) is 0 Å². The molecule has 0 spiro atoms. The molecular weight excluding hydrogens is 320 g/mol. The minimum Gasteiger partial charge on any atom is -0.497 e. The fourth-order valence-corrected chi connectivity index (χ4v) is 2.56. The molecule has 0 aliphatic carbocycles. The third-order valence-corrected chi connectivity index (χ3v) is 3.90. The van der Waals surface area contributed by atoms with E-state index in [0.29, 0.717) is 23.5 Å². The molecule has 0 aromatic heterocycles. The monoisotopic (exact) mass is 332 g/mol. The number of ketones is 1. The molecule has 0 saturated heterocycles. The summed E-state index contributed by atoms with van der Waals surface area (Å²) in [7, 11) is 1.58. The van der Waals surface area contributed by atoms with E-state index >= 15 is 0 Å². The van der Waals surface area contributed by atoms with Crippen LogP contribution in [0, 0.1) is 0 Å². The highest BCUT2D eigenvalue weighted by molar-refractivity contribution is 9.10. The number of carbonyl (C=O) groups excluding carboxylic acids is 1. The molecular formula is C16H13BrO3. The van der Waals surface area contributed by atoms with Crippen LogP contribution in [-0.4, -0.2) is 12.9 Å². The smallest absolute Gasteiger partial charge is 0.170 e. The average Bonchev–Trinajstić information content (AvgIpc) is 2.47. The molecule has 20 heavy (non-hydrogen) atoms. The Balaban J connectivity index is 1.92. The van der Waals surface area contributed by atoms with Crippen LogP contribution in [0.25, 0.3) is 0 Å². The number of fused-ring (bicyclic) bond motifs is 1. The summed E-state index contributed by atoms with van der Waals surface area (Å²) in [5.41, 5.74) is 1.60. The lowest BCUT2D eigenvalue weighted by molar-refractivity contribution is 0.0849. The standard InChI is InChI=1S/C16H13BrO3/c1-19-12-6-7-15-13(8-12)14(18)9-16(20-15)10-2-4-11(17)5-3-10/h2-8,16H,9H2,1H3. The van der Waals surface area contributed by atoms with Crippen molar-refractivity contribution >= 4 is 21.7 Å². The van der Waals surface area contributed by atoms with E-state index in [1.54, 1.807) is 25.3 Å². The van der Waals surface area contributed by atoms with Gasteiger partial charge in [-0.3, -0.25) is 4.79 Å². The normalized spacial score (nSPS) is 17.3. The van der Waals surface area contributed by atoms with E-state index in [0.717, 1.165) is 10.0 Å². The van der Waals surface area contributed by atoms with E-state index in [-0.39, 0.29) is 11.9 Å². The summed E-state index contributed by atoms with van der Waals surface area (Å²) >= 11 is 3.40. The molecule has 4 heteroatoms. The third-order valence-electron chi connectivity index (χ3n) is 3.37.